The first-order chi connectivity index (χ1) is 9.45. The summed E-state index contributed by atoms with van der Waals surface area (Å²) in [6.45, 7) is 1.93. The maximum Gasteiger partial charge on any atom is 0.150 e. The third-order valence-electron chi connectivity index (χ3n) is 2.85. The topological polar surface area (TPSA) is 12.0 Å². The third kappa shape index (κ3) is 3.93. The maximum atomic E-state index is 13.7. The van der Waals surface area contributed by atoms with Crippen LogP contribution in [0.2, 0.25) is 5.02 Å². The monoisotopic (exact) mass is 359 g/mol. The Morgan fingerprint density at radius 3 is 2.45 bits per heavy atom. The lowest BCUT2D eigenvalue weighted by atomic mass is 10.1. The fourth-order valence-corrected chi connectivity index (χ4v) is 2.60. The van der Waals surface area contributed by atoms with Gasteiger partial charge in [-0.15, -0.1) is 0 Å². The number of rotatable bonds is 4. The standard InChI is InChI=1S/C15H13BrClF2N/c1-9(6-10-2-4-11(17)5-3-10)20-15-13(16)7-12(18)8-14(15)19/h2-5,7-9,20H,6H2,1H3. The molecule has 5 heteroatoms. The predicted octanol–water partition coefficient (Wildman–Crippen LogP) is 5.42. The molecule has 0 aliphatic heterocycles. The van der Waals surface area contributed by atoms with Crippen molar-refractivity contribution in [1.29, 1.82) is 0 Å². The average Bonchev–Trinajstić information content (AvgIpc) is 2.36. The van der Waals surface area contributed by atoms with Gasteiger partial charge in [0.05, 0.1) is 5.69 Å². The Labute approximate surface area is 130 Å². The van der Waals surface area contributed by atoms with E-state index in [1.165, 1.54) is 6.07 Å². The smallest absolute Gasteiger partial charge is 0.150 e. The number of anilines is 1. The Bertz CT molecular complexity index is 578. The van der Waals surface area contributed by atoms with Crippen molar-refractivity contribution in [3.63, 3.8) is 0 Å². The molecule has 1 unspecified atom stereocenters. The fraction of sp³-hybridized carbons (Fsp3) is 0.200. The molecule has 1 nitrogen and oxygen atoms in total. The van der Waals surface area contributed by atoms with Gasteiger partial charge < -0.3 is 5.32 Å². The van der Waals surface area contributed by atoms with Gasteiger partial charge in [0.2, 0.25) is 0 Å². The highest BCUT2D eigenvalue weighted by atomic mass is 79.9. The van der Waals surface area contributed by atoms with Gasteiger partial charge >= 0.3 is 0 Å². The SMILES string of the molecule is CC(Cc1ccc(Cl)cc1)Nc1c(F)cc(F)cc1Br. The number of benzene rings is 2. The van der Waals surface area contributed by atoms with E-state index in [1.807, 2.05) is 31.2 Å². The first-order valence-corrected chi connectivity index (χ1v) is 7.28. The van der Waals surface area contributed by atoms with Gasteiger partial charge in [0, 0.05) is 21.6 Å². The number of nitrogens with one attached hydrogen (secondary N) is 1. The van der Waals surface area contributed by atoms with E-state index in [2.05, 4.69) is 21.2 Å². The lowest BCUT2D eigenvalue weighted by Gasteiger charge is -2.17. The van der Waals surface area contributed by atoms with Gasteiger partial charge in [0.1, 0.15) is 11.6 Å². The summed E-state index contributed by atoms with van der Waals surface area (Å²) in [6, 6.07) is 9.58. The predicted molar refractivity (Wildman–Crippen MR) is 82.3 cm³/mol. The number of halogens is 4. The molecule has 0 saturated carbocycles. The van der Waals surface area contributed by atoms with E-state index in [0.717, 1.165) is 11.6 Å². The molecule has 1 N–H and O–H groups in total. The van der Waals surface area contributed by atoms with Gasteiger partial charge in [0.25, 0.3) is 0 Å². The second kappa shape index (κ2) is 6.55. The van der Waals surface area contributed by atoms with Gasteiger partial charge in [-0.3, -0.25) is 0 Å². The van der Waals surface area contributed by atoms with Crippen molar-refractivity contribution in [1.82, 2.24) is 0 Å². The van der Waals surface area contributed by atoms with Crippen molar-refractivity contribution in [2.45, 2.75) is 19.4 Å². The Kier molecular flexibility index (Phi) is 5.00. The van der Waals surface area contributed by atoms with Crippen LogP contribution in [0, 0.1) is 11.6 Å². The van der Waals surface area contributed by atoms with Crippen molar-refractivity contribution in [2.75, 3.05) is 5.32 Å². The second-order valence-corrected chi connectivity index (χ2v) is 5.91. The Morgan fingerprint density at radius 1 is 1.20 bits per heavy atom. The Hall–Kier alpha value is -1.13. The van der Waals surface area contributed by atoms with E-state index >= 15 is 0 Å². The van der Waals surface area contributed by atoms with Gasteiger partial charge in [-0.1, -0.05) is 23.7 Å². The Morgan fingerprint density at radius 2 is 1.85 bits per heavy atom. The van der Waals surface area contributed by atoms with Gasteiger partial charge in [-0.05, 0) is 53.0 Å². The van der Waals surface area contributed by atoms with E-state index in [4.69, 9.17) is 11.6 Å². The summed E-state index contributed by atoms with van der Waals surface area (Å²) in [6.07, 6.45) is 0.709. The summed E-state index contributed by atoms with van der Waals surface area (Å²) in [5, 5.41) is 3.73. The fourth-order valence-electron chi connectivity index (χ4n) is 1.95. The molecule has 0 radical (unpaired) electrons. The molecule has 0 aromatic heterocycles. The molecular formula is C15H13BrClF2N. The van der Waals surface area contributed by atoms with E-state index < -0.39 is 11.6 Å². The summed E-state index contributed by atoms with van der Waals surface area (Å²) in [5.41, 5.74) is 1.36. The van der Waals surface area contributed by atoms with Crippen molar-refractivity contribution in [2.24, 2.45) is 0 Å². The summed E-state index contributed by atoms with van der Waals surface area (Å²) in [7, 11) is 0. The molecule has 0 bridgehead atoms. The molecule has 1 atom stereocenters. The normalized spacial score (nSPS) is 12.2. The molecule has 0 aliphatic rings. The Balaban J connectivity index is 2.08. The number of hydrogen-bond acceptors (Lipinski definition) is 1. The zero-order valence-corrected chi connectivity index (χ0v) is 13.1. The molecule has 0 heterocycles. The van der Waals surface area contributed by atoms with Gasteiger partial charge in [-0.25, -0.2) is 8.78 Å². The highest BCUT2D eigenvalue weighted by molar-refractivity contribution is 9.10. The summed E-state index contributed by atoms with van der Waals surface area (Å²) in [4.78, 5) is 0. The summed E-state index contributed by atoms with van der Waals surface area (Å²) >= 11 is 8.99. The maximum absolute atomic E-state index is 13.7. The van der Waals surface area contributed by atoms with Gasteiger partial charge in [0.15, 0.2) is 0 Å². The van der Waals surface area contributed by atoms with Crippen LogP contribution < -0.4 is 5.32 Å². The van der Waals surface area contributed by atoms with Crippen LogP contribution in [0.25, 0.3) is 0 Å². The van der Waals surface area contributed by atoms with Crippen LogP contribution in [0.3, 0.4) is 0 Å². The minimum absolute atomic E-state index is 0.00700. The van der Waals surface area contributed by atoms with Crippen LogP contribution in [0.4, 0.5) is 14.5 Å². The largest absolute Gasteiger partial charge is 0.379 e. The molecule has 2 aromatic carbocycles. The zero-order valence-electron chi connectivity index (χ0n) is 10.8. The molecule has 2 rings (SSSR count). The number of hydrogen-bond donors (Lipinski definition) is 1. The van der Waals surface area contributed by atoms with Crippen LogP contribution in [-0.4, -0.2) is 6.04 Å². The van der Waals surface area contributed by atoms with E-state index in [-0.39, 0.29) is 11.7 Å². The van der Waals surface area contributed by atoms with Crippen LogP contribution in [0.1, 0.15) is 12.5 Å². The lowest BCUT2D eigenvalue weighted by molar-refractivity contribution is 0.581. The zero-order chi connectivity index (χ0) is 14.7. The highest BCUT2D eigenvalue weighted by Gasteiger charge is 2.12. The van der Waals surface area contributed by atoms with E-state index in [0.29, 0.717) is 15.9 Å². The van der Waals surface area contributed by atoms with E-state index in [1.54, 1.807) is 0 Å². The first kappa shape index (κ1) is 15.3. The summed E-state index contributed by atoms with van der Waals surface area (Å²) in [5.74, 6) is -1.22. The van der Waals surface area contributed by atoms with E-state index in [9.17, 15) is 8.78 Å². The molecule has 20 heavy (non-hydrogen) atoms. The second-order valence-electron chi connectivity index (χ2n) is 4.62. The molecule has 0 saturated heterocycles. The van der Waals surface area contributed by atoms with Crippen LogP contribution in [-0.2, 0) is 6.42 Å². The lowest BCUT2D eigenvalue weighted by Crippen LogP contribution is -2.19. The molecule has 0 fully saturated rings. The molecular weight excluding hydrogens is 348 g/mol. The minimum Gasteiger partial charge on any atom is -0.379 e. The minimum atomic E-state index is -0.611. The molecule has 106 valence electrons. The highest BCUT2D eigenvalue weighted by Crippen LogP contribution is 2.27. The van der Waals surface area contributed by atoms with Crippen molar-refractivity contribution in [3.05, 3.63) is 63.1 Å². The molecule has 0 spiro atoms. The summed E-state index contributed by atoms with van der Waals surface area (Å²) < 4.78 is 27.1. The van der Waals surface area contributed by atoms with Crippen LogP contribution in [0.15, 0.2) is 40.9 Å². The van der Waals surface area contributed by atoms with Crippen molar-refractivity contribution >= 4 is 33.2 Å². The van der Waals surface area contributed by atoms with Crippen LogP contribution >= 0.6 is 27.5 Å². The van der Waals surface area contributed by atoms with Gasteiger partial charge in [-0.2, -0.15) is 0 Å². The van der Waals surface area contributed by atoms with Crippen molar-refractivity contribution < 1.29 is 8.78 Å². The van der Waals surface area contributed by atoms with Crippen molar-refractivity contribution in [3.8, 4) is 0 Å². The van der Waals surface area contributed by atoms with Crippen LogP contribution in [0.5, 0.6) is 0 Å². The molecule has 0 amide bonds. The quantitative estimate of drug-likeness (QED) is 0.767. The molecule has 0 aliphatic carbocycles. The molecule has 2 aromatic rings. The average molecular weight is 361 g/mol. The first-order valence-electron chi connectivity index (χ1n) is 6.11. The third-order valence-corrected chi connectivity index (χ3v) is 3.73.